The van der Waals surface area contributed by atoms with Crippen LogP contribution in [0.25, 0.3) is 0 Å². The van der Waals surface area contributed by atoms with Crippen LogP contribution in [0.1, 0.15) is 18.5 Å². The maximum absolute atomic E-state index is 13.2. The second-order valence-electron chi connectivity index (χ2n) is 2.53. The van der Waals surface area contributed by atoms with Crippen LogP contribution in [0, 0.1) is 5.82 Å². The van der Waals surface area contributed by atoms with Crippen LogP contribution in [-0.4, -0.2) is 0 Å². The minimum atomic E-state index is -0.412. The van der Waals surface area contributed by atoms with Gasteiger partial charge in [0.05, 0.1) is 5.02 Å². The van der Waals surface area contributed by atoms with Gasteiger partial charge in [0.15, 0.2) is 0 Å². The molecule has 1 aromatic carbocycles. The van der Waals surface area contributed by atoms with Gasteiger partial charge in [-0.25, -0.2) is 4.39 Å². The van der Waals surface area contributed by atoms with Crippen molar-refractivity contribution in [2.45, 2.75) is 13.0 Å². The van der Waals surface area contributed by atoms with Crippen molar-refractivity contribution in [3.63, 3.8) is 0 Å². The first-order valence-corrected chi connectivity index (χ1v) is 3.94. The van der Waals surface area contributed by atoms with E-state index >= 15 is 0 Å². The van der Waals surface area contributed by atoms with E-state index in [9.17, 15) is 4.39 Å². The van der Waals surface area contributed by atoms with Gasteiger partial charge in [-0.15, -0.1) is 0 Å². The van der Waals surface area contributed by atoms with Gasteiger partial charge in [0.1, 0.15) is 5.82 Å². The van der Waals surface area contributed by atoms with Gasteiger partial charge in [0.2, 0.25) is 0 Å². The van der Waals surface area contributed by atoms with Crippen molar-refractivity contribution in [3.05, 3.63) is 34.6 Å². The molecule has 0 heterocycles. The van der Waals surface area contributed by atoms with Gasteiger partial charge >= 0.3 is 0 Å². The molecule has 3 N–H and O–H groups in total. The fourth-order valence-electron chi connectivity index (χ4n) is 0.945. The summed E-state index contributed by atoms with van der Waals surface area (Å²) in [6.45, 7) is 1.76. The molecule has 0 bridgehead atoms. The molecule has 0 aliphatic heterocycles. The van der Waals surface area contributed by atoms with Crippen molar-refractivity contribution in [1.29, 1.82) is 0 Å². The van der Waals surface area contributed by atoms with E-state index in [1.807, 2.05) is 0 Å². The minimum absolute atomic E-state index is 0.120. The van der Waals surface area contributed by atoms with Crippen LogP contribution in [0.3, 0.4) is 0 Å². The number of hydrazine groups is 1. The monoisotopic (exact) mass is 188 g/mol. The first kappa shape index (κ1) is 9.45. The Labute approximate surface area is 75.5 Å². The van der Waals surface area contributed by atoms with Gasteiger partial charge in [-0.05, 0) is 13.0 Å². The SMILES string of the molecule is C[C@H](NN)c1cccc(Cl)c1F. The Kier molecular flexibility index (Phi) is 3.03. The third kappa shape index (κ3) is 1.75. The fraction of sp³-hybridized carbons (Fsp3) is 0.250. The smallest absolute Gasteiger partial charge is 0.146 e. The summed E-state index contributed by atoms with van der Waals surface area (Å²) >= 11 is 5.57. The topological polar surface area (TPSA) is 38.0 Å². The number of nitrogens with one attached hydrogen (secondary N) is 1. The van der Waals surface area contributed by atoms with Crippen molar-refractivity contribution >= 4 is 11.6 Å². The minimum Gasteiger partial charge on any atom is -0.271 e. The van der Waals surface area contributed by atoms with Gasteiger partial charge in [-0.1, -0.05) is 23.7 Å². The summed E-state index contributed by atoms with van der Waals surface area (Å²) < 4.78 is 13.2. The third-order valence-corrected chi connectivity index (χ3v) is 1.99. The standard InChI is InChI=1S/C8H10ClFN2/c1-5(12-11)6-3-2-4-7(9)8(6)10/h2-5,12H,11H2,1H3/t5-/m0/s1. The largest absolute Gasteiger partial charge is 0.271 e. The Bertz CT molecular complexity index is 278. The first-order valence-electron chi connectivity index (χ1n) is 3.57. The lowest BCUT2D eigenvalue weighted by atomic mass is 10.1. The summed E-state index contributed by atoms with van der Waals surface area (Å²) in [4.78, 5) is 0. The molecular formula is C8H10ClFN2. The molecule has 12 heavy (non-hydrogen) atoms. The van der Waals surface area contributed by atoms with E-state index in [1.54, 1.807) is 19.1 Å². The summed E-state index contributed by atoms with van der Waals surface area (Å²) in [5.74, 6) is 4.75. The molecule has 0 unspecified atom stereocenters. The van der Waals surface area contributed by atoms with Gasteiger partial charge in [0, 0.05) is 11.6 Å². The van der Waals surface area contributed by atoms with Crippen LogP contribution in [0.4, 0.5) is 4.39 Å². The van der Waals surface area contributed by atoms with Gasteiger partial charge in [0.25, 0.3) is 0 Å². The molecule has 1 rings (SSSR count). The van der Waals surface area contributed by atoms with Crippen molar-refractivity contribution in [2.24, 2.45) is 5.84 Å². The van der Waals surface area contributed by atoms with Crippen LogP contribution in [0.5, 0.6) is 0 Å². The summed E-state index contributed by atoms with van der Waals surface area (Å²) in [6.07, 6.45) is 0. The summed E-state index contributed by atoms with van der Waals surface area (Å²) in [7, 11) is 0. The first-order chi connectivity index (χ1) is 5.66. The predicted octanol–water partition coefficient (Wildman–Crippen LogP) is 2.00. The quantitative estimate of drug-likeness (QED) is 0.551. The summed E-state index contributed by atoms with van der Waals surface area (Å²) in [6, 6.07) is 4.60. The predicted molar refractivity (Wildman–Crippen MR) is 47.1 cm³/mol. The molecule has 0 aromatic heterocycles. The molecule has 0 spiro atoms. The van der Waals surface area contributed by atoms with Crippen LogP contribution in [0.15, 0.2) is 18.2 Å². The third-order valence-electron chi connectivity index (χ3n) is 1.70. The Morgan fingerprint density at radius 2 is 2.25 bits per heavy atom. The van der Waals surface area contributed by atoms with E-state index in [-0.39, 0.29) is 11.1 Å². The van der Waals surface area contributed by atoms with Crippen molar-refractivity contribution in [3.8, 4) is 0 Å². The van der Waals surface area contributed by atoms with Crippen LogP contribution >= 0.6 is 11.6 Å². The number of halogens is 2. The molecule has 0 aliphatic rings. The number of nitrogens with two attached hydrogens (primary N) is 1. The zero-order valence-corrected chi connectivity index (χ0v) is 7.40. The van der Waals surface area contributed by atoms with E-state index in [0.29, 0.717) is 5.56 Å². The van der Waals surface area contributed by atoms with E-state index < -0.39 is 5.82 Å². The normalized spacial score (nSPS) is 13.0. The molecule has 2 nitrogen and oxygen atoms in total. The summed E-state index contributed by atoms with van der Waals surface area (Å²) in [5.41, 5.74) is 2.93. The maximum Gasteiger partial charge on any atom is 0.146 e. The van der Waals surface area contributed by atoms with Crippen molar-refractivity contribution in [1.82, 2.24) is 5.43 Å². The maximum atomic E-state index is 13.2. The lowest BCUT2D eigenvalue weighted by molar-refractivity contribution is 0.542. The number of benzene rings is 1. The molecular weight excluding hydrogens is 179 g/mol. The molecule has 1 atom stereocenters. The molecule has 1 aromatic rings. The molecule has 0 amide bonds. The Morgan fingerprint density at radius 3 is 2.83 bits per heavy atom. The van der Waals surface area contributed by atoms with E-state index in [0.717, 1.165) is 0 Å². The average molecular weight is 189 g/mol. The molecule has 0 radical (unpaired) electrons. The number of rotatable bonds is 2. The van der Waals surface area contributed by atoms with Gasteiger partial charge in [-0.3, -0.25) is 11.3 Å². The zero-order valence-electron chi connectivity index (χ0n) is 6.64. The van der Waals surface area contributed by atoms with Gasteiger partial charge in [-0.2, -0.15) is 0 Å². The van der Waals surface area contributed by atoms with Crippen LogP contribution in [0.2, 0.25) is 5.02 Å². The zero-order chi connectivity index (χ0) is 9.14. The lowest BCUT2D eigenvalue weighted by Crippen LogP contribution is -2.26. The number of hydrogen-bond donors (Lipinski definition) is 2. The lowest BCUT2D eigenvalue weighted by Gasteiger charge is -2.11. The van der Waals surface area contributed by atoms with Crippen molar-refractivity contribution in [2.75, 3.05) is 0 Å². The number of hydrogen-bond acceptors (Lipinski definition) is 2. The van der Waals surface area contributed by atoms with E-state index in [2.05, 4.69) is 5.43 Å². The molecule has 0 fully saturated rings. The van der Waals surface area contributed by atoms with Crippen LogP contribution < -0.4 is 11.3 Å². The highest BCUT2D eigenvalue weighted by Gasteiger charge is 2.10. The molecule has 66 valence electrons. The Morgan fingerprint density at radius 1 is 1.58 bits per heavy atom. The average Bonchev–Trinajstić information content (AvgIpc) is 2.08. The highest BCUT2D eigenvalue weighted by atomic mass is 35.5. The van der Waals surface area contributed by atoms with E-state index in [1.165, 1.54) is 6.07 Å². The Hall–Kier alpha value is -0.640. The molecule has 0 saturated heterocycles. The van der Waals surface area contributed by atoms with Crippen molar-refractivity contribution < 1.29 is 4.39 Å². The molecule has 4 heteroatoms. The van der Waals surface area contributed by atoms with Crippen LogP contribution in [-0.2, 0) is 0 Å². The Balaban J connectivity index is 3.07. The second kappa shape index (κ2) is 3.85. The highest BCUT2D eigenvalue weighted by Crippen LogP contribution is 2.22. The second-order valence-corrected chi connectivity index (χ2v) is 2.94. The van der Waals surface area contributed by atoms with E-state index in [4.69, 9.17) is 17.4 Å². The fourth-order valence-corrected chi connectivity index (χ4v) is 1.13. The molecule has 0 aliphatic carbocycles. The molecule has 0 saturated carbocycles. The highest BCUT2D eigenvalue weighted by molar-refractivity contribution is 6.30. The van der Waals surface area contributed by atoms with Gasteiger partial charge < -0.3 is 0 Å². The summed E-state index contributed by atoms with van der Waals surface area (Å²) in [5, 5.41) is 0.120.